The van der Waals surface area contributed by atoms with Crippen LogP contribution in [0.5, 0.6) is 0 Å². The van der Waals surface area contributed by atoms with Crippen LogP contribution < -0.4 is 5.73 Å². The van der Waals surface area contributed by atoms with Crippen LogP contribution in [-0.2, 0) is 26.1 Å². The van der Waals surface area contributed by atoms with Crippen LogP contribution in [0.3, 0.4) is 0 Å². The van der Waals surface area contributed by atoms with Gasteiger partial charge in [-0.15, -0.1) is 0 Å². The third-order valence-electron chi connectivity index (χ3n) is 2.42. The number of likely N-dealkylation sites (N-methyl/N-ethyl adjacent to an activating group) is 1. The maximum absolute atomic E-state index is 12.2. The maximum atomic E-state index is 12.2. The summed E-state index contributed by atoms with van der Waals surface area (Å²) >= 11 is 0. The van der Waals surface area contributed by atoms with Crippen LogP contribution in [0.15, 0.2) is 11.1 Å². The van der Waals surface area contributed by atoms with E-state index in [9.17, 15) is 13.2 Å². The van der Waals surface area contributed by atoms with E-state index in [0.717, 1.165) is 4.31 Å². The van der Waals surface area contributed by atoms with Crippen molar-refractivity contribution in [2.24, 2.45) is 0 Å². The molecule has 0 unspecified atom stereocenters. The maximum Gasteiger partial charge on any atom is 0.321 e. The summed E-state index contributed by atoms with van der Waals surface area (Å²) in [7, 11) is -2.56. The van der Waals surface area contributed by atoms with Crippen molar-refractivity contribution in [1.29, 1.82) is 0 Å². The van der Waals surface area contributed by atoms with Gasteiger partial charge in [0.2, 0.25) is 10.0 Å². The fourth-order valence-corrected chi connectivity index (χ4v) is 2.59. The van der Waals surface area contributed by atoms with Gasteiger partial charge in [0.25, 0.3) is 0 Å². The number of ether oxygens (including phenoxy) is 1. The molecule has 19 heavy (non-hydrogen) atoms. The molecule has 0 saturated heterocycles. The van der Waals surface area contributed by atoms with Gasteiger partial charge in [-0.3, -0.25) is 9.48 Å². The molecule has 0 bridgehead atoms. The molecule has 0 saturated carbocycles. The fourth-order valence-electron chi connectivity index (χ4n) is 1.42. The Labute approximate surface area is 112 Å². The van der Waals surface area contributed by atoms with E-state index in [-0.39, 0.29) is 23.9 Å². The summed E-state index contributed by atoms with van der Waals surface area (Å²) in [6.07, 6.45) is 1.34. The van der Waals surface area contributed by atoms with E-state index in [1.807, 2.05) is 6.92 Å². The summed E-state index contributed by atoms with van der Waals surface area (Å²) in [6.45, 7) is 3.79. The Bertz CT molecular complexity index is 552. The van der Waals surface area contributed by atoms with Gasteiger partial charge in [0.1, 0.15) is 11.4 Å². The Morgan fingerprint density at radius 1 is 1.53 bits per heavy atom. The number of nitrogens with zero attached hydrogens (tertiary/aromatic N) is 3. The minimum atomic E-state index is -3.85. The lowest BCUT2D eigenvalue weighted by Gasteiger charge is -2.15. The van der Waals surface area contributed by atoms with Crippen molar-refractivity contribution < 1.29 is 17.9 Å². The van der Waals surface area contributed by atoms with Crippen LogP contribution in [0.25, 0.3) is 0 Å². The van der Waals surface area contributed by atoms with E-state index in [0.29, 0.717) is 6.54 Å². The quantitative estimate of drug-likeness (QED) is 0.719. The van der Waals surface area contributed by atoms with Crippen molar-refractivity contribution >= 4 is 21.8 Å². The van der Waals surface area contributed by atoms with Gasteiger partial charge in [-0.05, 0) is 13.8 Å². The number of hydrogen-bond acceptors (Lipinski definition) is 6. The molecule has 1 rings (SSSR count). The van der Waals surface area contributed by atoms with Crippen LogP contribution in [0.2, 0.25) is 0 Å². The smallest absolute Gasteiger partial charge is 0.321 e. The van der Waals surface area contributed by atoms with E-state index in [1.54, 1.807) is 6.92 Å². The van der Waals surface area contributed by atoms with Crippen LogP contribution in [0, 0.1) is 0 Å². The van der Waals surface area contributed by atoms with Gasteiger partial charge in [0, 0.05) is 19.8 Å². The molecule has 0 aromatic carbocycles. The number of rotatable bonds is 6. The average Bonchev–Trinajstić information content (AvgIpc) is 2.71. The zero-order chi connectivity index (χ0) is 14.6. The van der Waals surface area contributed by atoms with Gasteiger partial charge in [-0.2, -0.15) is 9.40 Å². The standard InChI is InChI=1S/C10H18N4O4S/c1-4-14-6-8(10(11)12-14)19(16,17)13(3)7-9(15)18-5-2/h6H,4-5,7H2,1-3H3,(H2,11,12). The molecule has 2 N–H and O–H groups in total. The van der Waals surface area contributed by atoms with Gasteiger partial charge in [-0.1, -0.05) is 0 Å². The van der Waals surface area contributed by atoms with E-state index in [1.165, 1.54) is 17.9 Å². The second-order valence-corrected chi connectivity index (χ2v) is 5.81. The highest BCUT2D eigenvalue weighted by molar-refractivity contribution is 7.89. The zero-order valence-corrected chi connectivity index (χ0v) is 12.0. The Hall–Kier alpha value is -1.61. The number of esters is 1. The van der Waals surface area contributed by atoms with E-state index >= 15 is 0 Å². The molecule has 8 nitrogen and oxygen atoms in total. The second kappa shape index (κ2) is 6.02. The molecule has 1 aromatic heterocycles. The predicted molar refractivity (Wildman–Crippen MR) is 68.8 cm³/mol. The van der Waals surface area contributed by atoms with Crippen LogP contribution in [-0.4, -0.2) is 48.7 Å². The minimum Gasteiger partial charge on any atom is -0.465 e. The molecular weight excluding hydrogens is 272 g/mol. The summed E-state index contributed by atoms with van der Waals surface area (Å²) in [6, 6.07) is 0. The Kier molecular flexibility index (Phi) is 4.90. The first-order valence-electron chi connectivity index (χ1n) is 5.77. The van der Waals surface area contributed by atoms with E-state index in [4.69, 9.17) is 10.5 Å². The Morgan fingerprint density at radius 2 is 2.16 bits per heavy atom. The lowest BCUT2D eigenvalue weighted by atomic mass is 10.6. The van der Waals surface area contributed by atoms with Crippen LogP contribution in [0.1, 0.15) is 13.8 Å². The number of anilines is 1. The van der Waals surface area contributed by atoms with E-state index < -0.39 is 16.0 Å². The monoisotopic (exact) mass is 290 g/mol. The van der Waals surface area contributed by atoms with Crippen molar-refractivity contribution in [3.05, 3.63) is 6.20 Å². The molecule has 0 fully saturated rings. The molecule has 1 heterocycles. The lowest BCUT2D eigenvalue weighted by molar-refractivity contribution is -0.143. The van der Waals surface area contributed by atoms with Gasteiger partial charge < -0.3 is 10.5 Å². The highest BCUT2D eigenvalue weighted by Crippen LogP contribution is 2.19. The summed E-state index contributed by atoms with van der Waals surface area (Å²) < 4.78 is 31.4. The van der Waals surface area contributed by atoms with Crippen molar-refractivity contribution in [3.8, 4) is 0 Å². The number of aromatic nitrogens is 2. The number of sulfonamides is 1. The molecular formula is C10H18N4O4S. The number of aryl methyl sites for hydroxylation is 1. The molecule has 0 radical (unpaired) electrons. The fraction of sp³-hybridized carbons (Fsp3) is 0.600. The largest absolute Gasteiger partial charge is 0.465 e. The van der Waals surface area contributed by atoms with Crippen molar-refractivity contribution in [2.75, 3.05) is 25.9 Å². The minimum absolute atomic E-state index is 0.0856. The summed E-state index contributed by atoms with van der Waals surface area (Å²) in [5.74, 6) is -0.701. The third kappa shape index (κ3) is 3.44. The lowest BCUT2D eigenvalue weighted by Crippen LogP contribution is -2.33. The van der Waals surface area contributed by atoms with Crippen molar-refractivity contribution in [3.63, 3.8) is 0 Å². The van der Waals surface area contributed by atoms with E-state index in [2.05, 4.69) is 5.10 Å². The second-order valence-electron chi connectivity index (χ2n) is 3.80. The first kappa shape index (κ1) is 15.4. The molecule has 108 valence electrons. The molecule has 0 aliphatic heterocycles. The number of nitrogen functional groups attached to an aromatic ring is 1. The molecule has 0 aliphatic carbocycles. The summed E-state index contributed by atoms with van der Waals surface area (Å²) in [5.41, 5.74) is 5.58. The van der Waals surface area contributed by atoms with Crippen LogP contribution in [0.4, 0.5) is 5.82 Å². The third-order valence-corrected chi connectivity index (χ3v) is 4.24. The molecule has 0 aliphatic rings. The normalized spacial score (nSPS) is 11.8. The molecule has 9 heteroatoms. The number of nitrogens with two attached hydrogens (primary N) is 1. The van der Waals surface area contributed by atoms with Gasteiger partial charge in [-0.25, -0.2) is 8.42 Å². The van der Waals surface area contributed by atoms with Gasteiger partial charge >= 0.3 is 5.97 Å². The first-order chi connectivity index (χ1) is 8.82. The molecule has 0 atom stereocenters. The number of carbonyl (C=O) groups excluding carboxylic acids is 1. The predicted octanol–water partition coefficient (Wildman–Crippen LogP) is -0.331. The van der Waals surface area contributed by atoms with Gasteiger partial charge in [0.05, 0.1) is 6.61 Å². The molecule has 0 spiro atoms. The summed E-state index contributed by atoms with van der Waals surface area (Å²) in [4.78, 5) is 11.2. The molecule has 1 aromatic rings. The number of carbonyl (C=O) groups is 1. The average molecular weight is 290 g/mol. The molecule has 0 amide bonds. The SMILES string of the molecule is CCOC(=O)CN(C)S(=O)(=O)c1cn(CC)nc1N. The van der Waals surface area contributed by atoms with Crippen molar-refractivity contribution in [2.45, 2.75) is 25.3 Å². The summed E-state index contributed by atoms with van der Waals surface area (Å²) in [5, 5.41) is 3.87. The van der Waals surface area contributed by atoms with Gasteiger partial charge in [0.15, 0.2) is 5.82 Å². The van der Waals surface area contributed by atoms with Crippen LogP contribution >= 0.6 is 0 Å². The zero-order valence-electron chi connectivity index (χ0n) is 11.2. The first-order valence-corrected chi connectivity index (χ1v) is 7.21. The Balaban J connectivity index is 2.96. The Morgan fingerprint density at radius 3 is 2.63 bits per heavy atom. The number of hydrogen-bond donors (Lipinski definition) is 1. The highest BCUT2D eigenvalue weighted by Gasteiger charge is 2.27. The highest BCUT2D eigenvalue weighted by atomic mass is 32.2. The van der Waals surface area contributed by atoms with Crippen molar-refractivity contribution in [1.82, 2.24) is 14.1 Å². The topological polar surface area (TPSA) is 108 Å².